The number of Topliss-reactive ketones (excluding diaryl/α,β-unsaturated/α-hetero) is 1. The highest BCUT2D eigenvalue weighted by Crippen LogP contribution is 2.33. The van der Waals surface area contributed by atoms with Gasteiger partial charge in [0, 0.05) is 16.7 Å². The van der Waals surface area contributed by atoms with Gasteiger partial charge < -0.3 is 18.9 Å². The van der Waals surface area contributed by atoms with E-state index in [0.717, 1.165) is 22.6 Å². The van der Waals surface area contributed by atoms with Crippen molar-refractivity contribution >= 4 is 22.8 Å². The molecule has 5 aromatic rings. The van der Waals surface area contributed by atoms with Gasteiger partial charge in [0.15, 0.2) is 12.4 Å². The third-order valence-electron chi connectivity index (χ3n) is 6.35. The van der Waals surface area contributed by atoms with Crippen LogP contribution in [0.15, 0.2) is 91.0 Å². The quantitative estimate of drug-likeness (QED) is 0.167. The lowest BCUT2D eigenvalue weighted by atomic mass is 10.0. The first kappa shape index (κ1) is 26.4. The Hall–Kier alpha value is -5.24. The van der Waals surface area contributed by atoms with E-state index in [1.54, 1.807) is 56.7 Å². The van der Waals surface area contributed by atoms with Gasteiger partial charge in [-0.25, -0.2) is 14.8 Å². The number of ketones is 1. The fourth-order valence-electron chi connectivity index (χ4n) is 4.18. The van der Waals surface area contributed by atoms with Crippen LogP contribution in [0.5, 0.6) is 17.2 Å². The number of esters is 1. The van der Waals surface area contributed by atoms with Crippen molar-refractivity contribution in [2.24, 2.45) is 0 Å². The summed E-state index contributed by atoms with van der Waals surface area (Å²) in [5.74, 6) is 1.03. The lowest BCUT2D eigenvalue weighted by Gasteiger charge is -2.12. The number of aromatic nitrogens is 2. The van der Waals surface area contributed by atoms with Gasteiger partial charge in [-0.1, -0.05) is 12.1 Å². The molecule has 0 atom stereocenters. The maximum Gasteiger partial charge on any atom is 0.338 e. The van der Waals surface area contributed by atoms with Crippen LogP contribution in [-0.4, -0.2) is 49.7 Å². The summed E-state index contributed by atoms with van der Waals surface area (Å²) in [5.41, 5.74) is 4.78. The van der Waals surface area contributed by atoms with E-state index in [4.69, 9.17) is 28.9 Å². The van der Waals surface area contributed by atoms with Crippen LogP contribution < -0.4 is 14.2 Å². The first-order valence-corrected chi connectivity index (χ1v) is 12.4. The average molecular weight is 535 g/mol. The predicted octanol–water partition coefficient (Wildman–Crippen LogP) is 6.03. The van der Waals surface area contributed by atoms with E-state index in [9.17, 15) is 9.59 Å². The number of nitrogens with zero attached hydrogens (tertiary/aromatic N) is 2. The molecule has 8 nitrogen and oxygen atoms in total. The molecule has 0 saturated carbocycles. The van der Waals surface area contributed by atoms with Crippen LogP contribution in [0.2, 0.25) is 0 Å². The van der Waals surface area contributed by atoms with Gasteiger partial charge in [-0.05, 0) is 78.9 Å². The molecule has 1 heterocycles. The van der Waals surface area contributed by atoms with Crippen molar-refractivity contribution in [1.82, 2.24) is 9.97 Å². The molecule has 200 valence electrons. The second-order valence-corrected chi connectivity index (χ2v) is 8.81. The minimum atomic E-state index is -0.634. The molecule has 0 saturated heterocycles. The van der Waals surface area contributed by atoms with Crippen molar-refractivity contribution in [3.8, 4) is 39.8 Å². The first-order chi connectivity index (χ1) is 19.5. The number of fused-ring (bicyclic) bond motifs is 1. The summed E-state index contributed by atoms with van der Waals surface area (Å²) in [5, 5.41) is 0. The van der Waals surface area contributed by atoms with Crippen molar-refractivity contribution in [3.05, 3.63) is 102 Å². The smallest absolute Gasteiger partial charge is 0.338 e. The number of rotatable bonds is 9. The van der Waals surface area contributed by atoms with E-state index in [1.165, 1.54) is 7.11 Å². The summed E-state index contributed by atoms with van der Waals surface area (Å²) < 4.78 is 21.1. The summed E-state index contributed by atoms with van der Waals surface area (Å²) in [7, 11) is 4.75. The van der Waals surface area contributed by atoms with Crippen molar-refractivity contribution in [2.45, 2.75) is 0 Å². The van der Waals surface area contributed by atoms with E-state index < -0.39 is 12.6 Å². The van der Waals surface area contributed by atoms with Gasteiger partial charge in [0.2, 0.25) is 0 Å². The fourth-order valence-corrected chi connectivity index (χ4v) is 4.18. The average Bonchev–Trinajstić information content (AvgIpc) is 3.02. The Kier molecular flexibility index (Phi) is 7.68. The second-order valence-electron chi connectivity index (χ2n) is 8.81. The molecular weight excluding hydrogens is 508 g/mol. The van der Waals surface area contributed by atoms with E-state index in [2.05, 4.69) is 0 Å². The largest absolute Gasteiger partial charge is 0.497 e. The van der Waals surface area contributed by atoms with Crippen molar-refractivity contribution in [3.63, 3.8) is 0 Å². The van der Waals surface area contributed by atoms with E-state index in [1.807, 2.05) is 48.5 Å². The number of carbonyl (C=O) groups excluding carboxylic acids is 2. The van der Waals surface area contributed by atoms with Crippen molar-refractivity contribution in [1.29, 1.82) is 0 Å². The summed E-state index contributed by atoms with van der Waals surface area (Å²) in [6.45, 7) is -0.400. The highest BCUT2D eigenvalue weighted by molar-refractivity contribution is 6.00. The van der Waals surface area contributed by atoms with Crippen LogP contribution in [0.4, 0.5) is 0 Å². The Labute approximate surface area is 231 Å². The van der Waals surface area contributed by atoms with Gasteiger partial charge in [0.25, 0.3) is 0 Å². The van der Waals surface area contributed by atoms with Gasteiger partial charge in [-0.15, -0.1) is 0 Å². The monoisotopic (exact) mass is 534 g/mol. The fraction of sp³-hybridized carbons (Fsp3) is 0.125. The third-order valence-corrected chi connectivity index (χ3v) is 6.35. The van der Waals surface area contributed by atoms with Gasteiger partial charge in [0.05, 0.1) is 49.3 Å². The molecule has 0 spiro atoms. The number of carbonyl (C=O) groups is 2. The highest BCUT2D eigenvalue weighted by Gasteiger charge is 2.17. The predicted molar refractivity (Wildman–Crippen MR) is 151 cm³/mol. The molecule has 0 bridgehead atoms. The Balaban J connectivity index is 1.47. The van der Waals surface area contributed by atoms with E-state index in [-0.39, 0.29) is 11.3 Å². The summed E-state index contributed by atoms with van der Waals surface area (Å²) >= 11 is 0. The summed E-state index contributed by atoms with van der Waals surface area (Å²) in [6, 6.07) is 26.7. The van der Waals surface area contributed by atoms with Crippen LogP contribution >= 0.6 is 0 Å². The van der Waals surface area contributed by atoms with Crippen LogP contribution in [0, 0.1) is 0 Å². The van der Waals surface area contributed by atoms with Crippen molar-refractivity contribution in [2.75, 3.05) is 27.9 Å². The first-order valence-electron chi connectivity index (χ1n) is 12.4. The SMILES string of the molecule is COc1ccc(-c2nc3ccc(C(=O)OCC(=O)c4cccc(OC)c4)cc3nc2-c2ccc(OC)cc2)cc1. The summed E-state index contributed by atoms with van der Waals surface area (Å²) in [4.78, 5) is 35.2. The van der Waals surface area contributed by atoms with Gasteiger partial charge in [0.1, 0.15) is 17.2 Å². The summed E-state index contributed by atoms with van der Waals surface area (Å²) in [6.07, 6.45) is 0. The number of hydrogen-bond acceptors (Lipinski definition) is 8. The molecule has 0 N–H and O–H groups in total. The molecule has 0 aliphatic carbocycles. The van der Waals surface area contributed by atoms with Crippen LogP contribution in [0.3, 0.4) is 0 Å². The molecule has 5 rings (SSSR count). The van der Waals surface area contributed by atoms with Crippen LogP contribution in [-0.2, 0) is 4.74 Å². The minimum Gasteiger partial charge on any atom is -0.497 e. The maximum atomic E-state index is 12.8. The third kappa shape index (κ3) is 5.61. The molecule has 40 heavy (non-hydrogen) atoms. The van der Waals surface area contributed by atoms with Crippen LogP contribution in [0.25, 0.3) is 33.5 Å². The molecule has 8 heteroatoms. The molecule has 0 aliphatic rings. The zero-order valence-electron chi connectivity index (χ0n) is 22.2. The molecule has 0 amide bonds. The Morgan fingerprint density at radius 2 is 1.18 bits per heavy atom. The topological polar surface area (TPSA) is 96.8 Å². The molecule has 1 aromatic heterocycles. The number of methoxy groups -OCH3 is 3. The standard InChI is InChI=1S/C32H26N2O6/c1-37-24-12-7-20(8-13-24)30-31(21-9-14-25(38-2)15-10-21)34-28-18-23(11-16-27(28)33-30)32(36)40-19-29(35)22-5-4-6-26(17-22)39-3/h4-18H,19H2,1-3H3. The number of ether oxygens (including phenoxy) is 4. The molecule has 4 aromatic carbocycles. The molecule has 0 unspecified atom stereocenters. The highest BCUT2D eigenvalue weighted by atomic mass is 16.5. The van der Waals surface area contributed by atoms with E-state index >= 15 is 0 Å². The number of hydrogen-bond donors (Lipinski definition) is 0. The molecule has 0 fully saturated rings. The Morgan fingerprint density at radius 1 is 0.600 bits per heavy atom. The minimum absolute atomic E-state index is 0.262. The lowest BCUT2D eigenvalue weighted by molar-refractivity contribution is 0.0475. The number of benzene rings is 4. The molecule has 0 radical (unpaired) electrons. The van der Waals surface area contributed by atoms with Crippen molar-refractivity contribution < 1.29 is 28.5 Å². The van der Waals surface area contributed by atoms with Gasteiger partial charge in [-0.3, -0.25) is 4.79 Å². The zero-order chi connectivity index (χ0) is 28.1. The second kappa shape index (κ2) is 11.7. The normalized spacial score (nSPS) is 10.7. The Bertz CT molecular complexity index is 1680. The Morgan fingerprint density at radius 3 is 1.75 bits per heavy atom. The lowest BCUT2D eigenvalue weighted by Crippen LogP contribution is -2.14. The van der Waals surface area contributed by atoms with Gasteiger partial charge >= 0.3 is 5.97 Å². The van der Waals surface area contributed by atoms with E-state index in [0.29, 0.717) is 33.7 Å². The molecule has 0 aliphatic heterocycles. The zero-order valence-corrected chi connectivity index (χ0v) is 22.2. The molecular formula is C32H26N2O6. The van der Waals surface area contributed by atoms with Crippen LogP contribution in [0.1, 0.15) is 20.7 Å². The van der Waals surface area contributed by atoms with Gasteiger partial charge in [-0.2, -0.15) is 0 Å². The maximum absolute atomic E-state index is 12.8.